The highest BCUT2D eigenvalue weighted by Gasteiger charge is 2.05. The monoisotopic (exact) mass is 324 g/mol. The summed E-state index contributed by atoms with van der Waals surface area (Å²) in [6.07, 6.45) is 3.10. The first-order valence-corrected chi connectivity index (χ1v) is 7.58. The summed E-state index contributed by atoms with van der Waals surface area (Å²) in [5, 5.41) is 5.29. The highest BCUT2D eigenvalue weighted by Crippen LogP contribution is 2.16. The topological polar surface area (TPSA) is 67.4 Å². The van der Waals surface area contributed by atoms with Crippen molar-refractivity contribution in [3.63, 3.8) is 0 Å². The number of hydrogen-bond donors (Lipinski definition) is 2. The Balaban J connectivity index is 1.75. The summed E-state index contributed by atoms with van der Waals surface area (Å²) in [6, 6.07) is 16.9. The Morgan fingerprint density at radius 2 is 1.71 bits per heavy atom. The normalized spacial score (nSPS) is 10.4. The first-order chi connectivity index (χ1) is 11.7. The molecule has 0 aromatic heterocycles. The first-order valence-electron chi connectivity index (χ1n) is 7.58. The van der Waals surface area contributed by atoms with Crippen LogP contribution in [-0.2, 0) is 16.1 Å². The lowest BCUT2D eigenvalue weighted by molar-refractivity contribution is -0.124. The Labute approximate surface area is 141 Å². The van der Waals surface area contributed by atoms with Crippen LogP contribution >= 0.6 is 0 Å². The van der Waals surface area contributed by atoms with E-state index in [-0.39, 0.29) is 18.4 Å². The van der Waals surface area contributed by atoms with E-state index >= 15 is 0 Å². The number of nitrogens with one attached hydrogen (secondary N) is 2. The zero-order valence-corrected chi connectivity index (χ0v) is 13.5. The van der Waals surface area contributed by atoms with Gasteiger partial charge in [0.1, 0.15) is 5.75 Å². The first kappa shape index (κ1) is 17.3. The fourth-order valence-corrected chi connectivity index (χ4v) is 2.07. The van der Waals surface area contributed by atoms with Crippen molar-refractivity contribution in [3.8, 4) is 5.75 Å². The van der Waals surface area contributed by atoms with Crippen molar-refractivity contribution in [2.75, 3.05) is 13.7 Å². The van der Waals surface area contributed by atoms with Gasteiger partial charge in [0.2, 0.25) is 11.8 Å². The summed E-state index contributed by atoms with van der Waals surface area (Å²) in [5.74, 6) is 0.140. The van der Waals surface area contributed by atoms with Gasteiger partial charge in [0.25, 0.3) is 0 Å². The quantitative estimate of drug-likeness (QED) is 0.767. The van der Waals surface area contributed by atoms with Crippen LogP contribution in [0.5, 0.6) is 5.75 Å². The van der Waals surface area contributed by atoms with Crippen LogP contribution < -0.4 is 15.4 Å². The fraction of sp³-hybridized carbons (Fsp3) is 0.158. The highest BCUT2D eigenvalue weighted by molar-refractivity contribution is 5.94. The molecule has 0 aliphatic heterocycles. The lowest BCUT2D eigenvalue weighted by atomic mass is 10.2. The zero-order valence-electron chi connectivity index (χ0n) is 13.5. The molecule has 2 N–H and O–H groups in total. The number of ether oxygens (including phenoxy) is 1. The Hall–Kier alpha value is -3.08. The molecule has 0 spiro atoms. The standard InChI is InChI=1S/C19H20N2O3/c1-24-17-10-6-5-9-16(17)13-20-19(23)14-21-18(22)12-11-15-7-3-2-4-8-15/h2-12H,13-14H2,1H3,(H,20,23)(H,21,22)/b12-11+. The summed E-state index contributed by atoms with van der Waals surface area (Å²) in [6.45, 7) is 0.270. The van der Waals surface area contributed by atoms with Gasteiger partial charge in [-0.2, -0.15) is 0 Å². The van der Waals surface area contributed by atoms with Crippen molar-refractivity contribution in [1.82, 2.24) is 10.6 Å². The molecule has 0 bridgehead atoms. The molecule has 0 unspecified atom stereocenters. The van der Waals surface area contributed by atoms with Gasteiger partial charge in [-0.1, -0.05) is 48.5 Å². The molecule has 24 heavy (non-hydrogen) atoms. The molecule has 0 radical (unpaired) electrons. The van der Waals surface area contributed by atoms with Crippen LogP contribution in [0.15, 0.2) is 60.7 Å². The van der Waals surface area contributed by atoms with Crippen LogP contribution in [0.1, 0.15) is 11.1 Å². The van der Waals surface area contributed by atoms with Gasteiger partial charge in [0.05, 0.1) is 13.7 Å². The average molecular weight is 324 g/mol. The minimum Gasteiger partial charge on any atom is -0.496 e. The van der Waals surface area contributed by atoms with E-state index in [1.807, 2.05) is 54.6 Å². The number of carbonyl (C=O) groups is 2. The van der Waals surface area contributed by atoms with E-state index in [2.05, 4.69) is 10.6 Å². The minimum atomic E-state index is -0.314. The smallest absolute Gasteiger partial charge is 0.244 e. The molecule has 2 aromatic rings. The van der Waals surface area contributed by atoms with Gasteiger partial charge in [-0.15, -0.1) is 0 Å². The minimum absolute atomic E-state index is 0.0763. The largest absolute Gasteiger partial charge is 0.496 e. The van der Waals surface area contributed by atoms with Gasteiger partial charge in [0, 0.05) is 18.2 Å². The van der Waals surface area contributed by atoms with Gasteiger partial charge < -0.3 is 15.4 Å². The predicted octanol–water partition coefficient (Wildman–Crippen LogP) is 2.14. The van der Waals surface area contributed by atoms with E-state index < -0.39 is 0 Å². The van der Waals surface area contributed by atoms with Gasteiger partial charge in [-0.25, -0.2) is 0 Å². The van der Waals surface area contributed by atoms with Crippen LogP contribution in [-0.4, -0.2) is 25.5 Å². The highest BCUT2D eigenvalue weighted by atomic mass is 16.5. The number of amides is 2. The van der Waals surface area contributed by atoms with E-state index in [1.54, 1.807) is 13.2 Å². The lowest BCUT2D eigenvalue weighted by Gasteiger charge is -2.09. The maximum atomic E-state index is 11.8. The molecule has 0 saturated carbocycles. The van der Waals surface area contributed by atoms with Gasteiger partial charge in [-0.3, -0.25) is 9.59 Å². The van der Waals surface area contributed by atoms with Gasteiger partial charge in [0.15, 0.2) is 0 Å². The molecule has 2 amide bonds. The molecule has 0 heterocycles. The zero-order chi connectivity index (χ0) is 17.2. The van der Waals surface area contributed by atoms with Crippen molar-refractivity contribution in [3.05, 3.63) is 71.8 Å². The third-order valence-electron chi connectivity index (χ3n) is 3.32. The number of para-hydroxylation sites is 1. The lowest BCUT2D eigenvalue weighted by Crippen LogP contribution is -2.35. The molecule has 0 aliphatic carbocycles. The Morgan fingerprint density at radius 3 is 2.46 bits per heavy atom. The average Bonchev–Trinajstić information content (AvgIpc) is 2.64. The Morgan fingerprint density at radius 1 is 1.00 bits per heavy atom. The van der Waals surface area contributed by atoms with Gasteiger partial charge >= 0.3 is 0 Å². The van der Waals surface area contributed by atoms with E-state index in [9.17, 15) is 9.59 Å². The second-order valence-electron chi connectivity index (χ2n) is 5.05. The summed E-state index contributed by atoms with van der Waals surface area (Å²) >= 11 is 0. The summed E-state index contributed by atoms with van der Waals surface area (Å²) in [5.41, 5.74) is 1.80. The molecule has 0 atom stereocenters. The molecule has 0 aliphatic rings. The second-order valence-corrected chi connectivity index (χ2v) is 5.05. The molecule has 5 heteroatoms. The summed E-state index contributed by atoms with van der Waals surface area (Å²) in [7, 11) is 1.58. The molecule has 5 nitrogen and oxygen atoms in total. The Bertz CT molecular complexity index is 712. The van der Waals surface area contributed by atoms with Crippen molar-refractivity contribution < 1.29 is 14.3 Å². The fourth-order valence-electron chi connectivity index (χ4n) is 2.07. The van der Waals surface area contributed by atoms with Crippen LogP contribution in [0, 0.1) is 0 Å². The third-order valence-corrected chi connectivity index (χ3v) is 3.32. The van der Waals surface area contributed by atoms with Crippen LogP contribution in [0.3, 0.4) is 0 Å². The molecule has 124 valence electrons. The molecule has 0 saturated heterocycles. The predicted molar refractivity (Wildman–Crippen MR) is 93.3 cm³/mol. The molecular weight excluding hydrogens is 304 g/mol. The van der Waals surface area contributed by atoms with Crippen LogP contribution in [0.25, 0.3) is 6.08 Å². The maximum Gasteiger partial charge on any atom is 0.244 e. The van der Waals surface area contributed by atoms with E-state index in [0.717, 1.165) is 11.1 Å². The summed E-state index contributed by atoms with van der Waals surface area (Å²) in [4.78, 5) is 23.5. The summed E-state index contributed by atoms with van der Waals surface area (Å²) < 4.78 is 5.22. The van der Waals surface area contributed by atoms with Crippen molar-refractivity contribution in [2.24, 2.45) is 0 Å². The molecule has 2 aromatic carbocycles. The number of benzene rings is 2. The second kappa shape index (κ2) is 9.15. The van der Waals surface area contributed by atoms with Crippen LogP contribution in [0.4, 0.5) is 0 Å². The molecule has 0 fully saturated rings. The van der Waals surface area contributed by atoms with E-state index in [0.29, 0.717) is 12.3 Å². The molecular formula is C19H20N2O3. The maximum absolute atomic E-state index is 11.8. The van der Waals surface area contributed by atoms with Crippen molar-refractivity contribution >= 4 is 17.9 Å². The number of hydrogen-bond acceptors (Lipinski definition) is 3. The number of rotatable bonds is 7. The van der Waals surface area contributed by atoms with E-state index in [1.165, 1.54) is 6.08 Å². The van der Waals surface area contributed by atoms with Crippen LogP contribution in [0.2, 0.25) is 0 Å². The van der Waals surface area contributed by atoms with Crippen molar-refractivity contribution in [2.45, 2.75) is 6.54 Å². The Kier molecular flexibility index (Phi) is 6.58. The third kappa shape index (κ3) is 5.61. The number of carbonyl (C=O) groups excluding carboxylic acids is 2. The van der Waals surface area contributed by atoms with Gasteiger partial charge in [-0.05, 0) is 17.7 Å². The SMILES string of the molecule is COc1ccccc1CNC(=O)CNC(=O)/C=C/c1ccccc1. The molecule has 2 rings (SSSR count). The van der Waals surface area contributed by atoms with E-state index in [4.69, 9.17) is 4.74 Å². The number of methoxy groups -OCH3 is 1. The van der Waals surface area contributed by atoms with Crippen molar-refractivity contribution in [1.29, 1.82) is 0 Å².